The number of aryl methyl sites for hydroxylation is 1. The van der Waals surface area contributed by atoms with Gasteiger partial charge in [-0.15, -0.1) is 0 Å². The van der Waals surface area contributed by atoms with Crippen molar-refractivity contribution in [2.24, 2.45) is 0 Å². The Labute approximate surface area is 202 Å². The average Bonchev–Trinajstić information content (AvgIpc) is 2.74. The van der Waals surface area contributed by atoms with E-state index < -0.39 is 11.9 Å². The van der Waals surface area contributed by atoms with E-state index in [0.29, 0.717) is 17.9 Å². The van der Waals surface area contributed by atoms with Gasteiger partial charge < -0.3 is 14.8 Å². The summed E-state index contributed by atoms with van der Waals surface area (Å²) in [5.41, 5.74) is 1.94. The van der Waals surface area contributed by atoms with Gasteiger partial charge >= 0.3 is 5.97 Å². The van der Waals surface area contributed by atoms with Crippen LogP contribution in [0.1, 0.15) is 17.5 Å². The zero-order chi connectivity index (χ0) is 21.9. The molecule has 0 bridgehead atoms. The number of ether oxygens (including phenoxy) is 2. The number of halogens is 2. The van der Waals surface area contributed by atoms with Crippen molar-refractivity contribution in [2.45, 2.75) is 12.8 Å². The number of nitrogens with one attached hydrogen (secondary N) is 1. The van der Waals surface area contributed by atoms with Gasteiger partial charge in [-0.3, -0.25) is 4.79 Å². The number of methoxy groups -OCH3 is 1. The van der Waals surface area contributed by atoms with Crippen molar-refractivity contribution in [2.75, 3.05) is 20.3 Å². The summed E-state index contributed by atoms with van der Waals surface area (Å²) < 4.78 is 11.6. The first-order valence-electron chi connectivity index (χ1n) is 9.07. The van der Waals surface area contributed by atoms with Crippen LogP contribution in [0.3, 0.4) is 0 Å². The predicted octanol–water partition coefficient (Wildman–Crippen LogP) is 4.10. The van der Waals surface area contributed by atoms with Gasteiger partial charge in [-0.25, -0.2) is 4.79 Å². The molecule has 0 atom stereocenters. The predicted molar refractivity (Wildman–Crippen MR) is 131 cm³/mol. The standard InChI is InChI=1S/C22H20I2N2O4/c1-29-20(27)14-30-21-18(23)11-16(12-19(21)24)10-17(13-25)22(28)26-9-5-8-15-6-3-2-4-7-15/h2-4,6-7,10-12H,5,8-9,14H2,1H3,(H,26,28)/b17-10-. The van der Waals surface area contributed by atoms with Gasteiger partial charge in [-0.2, -0.15) is 5.26 Å². The fourth-order valence-electron chi connectivity index (χ4n) is 2.54. The molecule has 6 nitrogen and oxygen atoms in total. The summed E-state index contributed by atoms with van der Waals surface area (Å²) in [7, 11) is 1.30. The monoisotopic (exact) mass is 630 g/mol. The highest BCUT2D eigenvalue weighted by atomic mass is 127. The van der Waals surface area contributed by atoms with E-state index in [-0.39, 0.29) is 12.2 Å². The molecule has 2 aromatic carbocycles. The lowest BCUT2D eigenvalue weighted by Gasteiger charge is -2.10. The lowest BCUT2D eigenvalue weighted by atomic mass is 10.1. The smallest absolute Gasteiger partial charge is 0.343 e. The summed E-state index contributed by atoms with van der Waals surface area (Å²) in [5, 5.41) is 12.2. The molecular formula is C22H20I2N2O4. The van der Waals surface area contributed by atoms with Crippen molar-refractivity contribution in [3.05, 3.63) is 66.3 Å². The molecule has 0 fully saturated rings. The molecule has 2 rings (SSSR count). The number of nitrogens with zero attached hydrogens (tertiary/aromatic N) is 1. The van der Waals surface area contributed by atoms with Crippen LogP contribution >= 0.6 is 45.2 Å². The van der Waals surface area contributed by atoms with Crippen LogP contribution in [0.25, 0.3) is 6.08 Å². The second kappa shape index (κ2) is 12.5. The maximum atomic E-state index is 12.4. The highest BCUT2D eigenvalue weighted by Crippen LogP contribution is 2.29. The second-order valence-corrected chi connectivity index (χ2v) is 8.52. The zero-order valence-electron chi connectivity index (χ0n) is 16.3. The molecule has 0 unspecified atom stereocenters. The lowest BCUT2D eigenvalue weighted by molar-refractivity contribution is -0.142. The van der Waals surface area contributed by atoms with Crippen LogP contribution in [0, 0.1) is 18.5 Å². The Kier molecular flexibility index (Phi) is 10.1. The Morgan fingerprint density at radius 1 is 1.17 bits per heavy atom. The van der Waals surface area contributed by atoms with Crippen LogP contribution in [0.2, 0.25) is 0 Å². The number of benzene rings is 2. The number of hydrogen-bond acceptors (Lipinski definition) is 5. The summed E-state index contributed by atoms with van der Waals surface area (Å²) in [6.07, 6.45) is 3.19. The van der Waals surface area contributed by atoms with Crippen molar-refractivity contribution < 1.29 is 19.1 Å². The molecule has 8 heteroatoms. The van der Waals surface area contributed by atoms with Crippen molar-refractivity contribution in [3.63, 3.8) is 0 Å². The molecule has 30 heavy (non-hydrogen) atoms. The maximum Gasteiger partial charge on any atom is 0.343 e. The van der Waals surface area contributed by atoms with Crippen molar-refractivity contribution in [3.8, 4) is 11.8 Å². The number of hydrogen-bond donors (Lipinski definition) is 1. The Hall–Kier alpha value is -2.13. The van der Waals surface area contributed by atoms with E-state index in [2.05, 4.69) is 55.2 Å². The normalized spacial score (nSPS) is 10.8. The van der Waals surface area contributed by atoms with Crippen LogP contribution in [0.4, 0.5) is 0 Å². The second-order valence-electron chi connectivity index (χ2n) is 6.19. The largest absolute Gasteiger partial charge is 0.480 e. The summed E-state index contributed by atoms with van der Waals surface area (Å²) in [6.45, 7) is 0.300. The fourth-order valence-corrected chi connectivity index (χ4v) is 4.67. The molecular weight excluding hydrogens is 610 g/mol. The van der Waals surface area contributed by atoms with Gasteiger partial charge in [-0.1, -0.05) is 30.3 Å². The first-order valence-corrected chi connectivity index (χ1v) is 11.2. The molecule has 0 aliphatic heterocycles. The Morgan fingerprint density at radius 3 is 2.43 bits per heavy atom. The van der Waals surface area contributed by atoms with Crippen LogP contribution in [-0.2, 0) is 20.7 Å². The number of nitriles is 1. The van der Waals surface area contributed by atoms with E-state index in [0.717, 1.165) is 20.0 Å². The Balaban J connectivity index is 1.99. The minimum Gasteiger partial charge on any atom is -0.480 e. The van der Waals surface area contributed by atoms with E-state index in [1.807, 2.05) is 36.4 Å². The molecule has 0 radical (unpaired) electrons. The summed E-state index contributed by atoms with van der Waals surface area (Å²) >= 11 is 4.17. The third-order valence-corrected chi connectivity index (χ3v) is 5.63. The van der Waals surface area contributed by atoms with Crippen LogP contribution < -0.4 is 10.1 Å². The molecule has 156 valence electrons. The highest BCUT2D eigenvalue weighted by Gasteiger charge is 2.13. The van der Waals surface area contributed by atoms with Gasteiger partial charge in [0.2, 0.25) is 0 Å². The van der Waals surface area contributed by atoms with Gasteiger partial charge in [0.05, 0.1) is 14.3 Å². The molecule has 0 aliphatic rings. The number of esters is 1. The number of carbonyl (C=O) groups excluding carboxylic acids is 2. The van der Waals surface area contributed by atoms with Crippen molar-refractivity contribution in [1.29, 1.82) is 5.26 Å². The van der Waals surface area contributed by atoms with E-state index in [1.54, 1.807) is 18.2 Å². The Morgan fingerprint density at radius 2 is 1.83 bits per heavy atom. The van der Waals surface area contributed by atoms with Crippen molar-refractivity contribution >= 4 is 63.1 Å². The minimum absolute atomic E-state index is 0.0320. The third-order valence-electron chi connectivity index (χ3n) is 4.03. The fraction of sp³-hybridized carbons (Fsp3) is 0.227. The van der Waals surface area contributed by atoms with Crippen LogP contribution in [-0.4, -0.2) is 32.1 Å². The number of rotatable bonds is 9. The third kappa shape index (κ3) is 7.60. The molecule has 0 saturated heterocycles. The van der Waals surface area contributed by atoms with E-state index in [4.69, 9.17) is 4.74 Å². The number of carbonyl (C=O) groups is 2. The van der Waals surface area contributed by atoms with Crippen LogP contribution in [0.5, 0.6) is 5.75 Å². The Bertz CT molecular complexity index is 946. The molecule has 1 N–H and O–H groups in total. The van der Waals surface area contributed by atoms with Gasteiger partial charge in [0.25, 0.3) is 5.91 Å². The van der Waals surface area contributed by atoms with Gasteiger partial charge in [0, 0.05) is 6.54 Å². The van der Waals surface area contributed by atoms with Gasteiger partial charge in [0.1, 0.15) is 17.4 Å². The average molecular weight is 630 g/mol. The molecule has 0 aromatic heterocycles. The topological polar surface area (TPSA) is 88.4 Å². The van der Waals surface area contributed by atoms with Gasteiger partial charge in [0.15, 0.2) is 6.61 Å². The van der Waals surface area contributed by atoms with E-state index >= 15 is 0 Å². The molecule has 0 aliphatic carbocycles. The van der Waals surface area contributed by atoms with E-state index in [9.17, 15) is 14.9 Å². The zero-order valence-corrected chi connectivity index (χ0v) is 20.6. The van der Waals surface area contributed by atoms with Crippen LogP contribution in [0.15, 0.2) is 48.0 Å². The molecule has 1 amide bonds. The first kappa shape index (κ1) is 24.1. The highest BCUT2D eigenvalue weighted by molar-refractivity contribution is 14.1. The molecule has 0 heterocycles. The van der Waals surface area contributed by atoms with E-state index in [1.165, 1.54) is 12.7 Å². The summed E-state index contributed by atoms with van der Waals surface area (Å²) in [6, 6.07) is 15.6. The molecule has 0 spiro atoms. The quantitative estimate of drug-likeness (QED) is 0.148. The first-order chi connectivity index (χ1) is 14.4. The lowest BCUT2D eigenvalue weighted by Crippen LogP contribution is -2.25. The molecule has 0 saturated carbocycles. The summed E-state index contributed by atoms with van der Waals surface area (Å²) in [4.78, 5) is 23.6. The van der Waals surface area contributed by atoms with Crippen molar-refractivity contribution in [1.82, 2.24) is 5.32 Å². The maximum absolute atomic E-state index is 12.4. The number of amides is 1. The van der Waals surface area contributed by atoms with Gasteiger partial charge in [-0.05, 0) is 87.4 Å². The summed E-state index contributed by atoms with van der Waals surface area (Å²) in [5.74, 6) is -0.314. The molecule has 2 aromatic rings. The SMILES string of the molecule is COC(=O)COc1c(I)cc(/C=C(/C#N)C(=O)NCCCc2ccccc2)cc1I. The minimum atomic E-state index is -0.471.